The molecule has 1 nitrogen and oxygen atoms in total. The molecule has 1 aliphatic heterocycles. The summed E-state index contributed by atoms with van der Waals surface area (Å²) in [6.07, 6.45) is 19.2. The van der Waals surface area contributed by atoms with Crippen molar-refractivity contribution in [1.82, 2.24) is 0 Å². The lowest BCUT2D eigenvalue weighted by Gasteiger charge is -2.27. The van der Waals surface area contributed by atoms with Crippen LogP contribution in [-0.4, -0.2) is 11.5 Å². The van der Waals surface area contributed by atoms with Crippen LogP contribution in [0.4, 0.5) is 0 Å². The first kappa shape index (κ1) is 23.9. The molecule has 1 aromatic rings. The Hall–Kier alpha value is -0.120. The van der Waals surface area contributed by atoms with Crippen LogP contribution in [0.15, 0.2) is 37.2 Å². The maximum atomic E-state index is 3.80. The van der Waals surface area contributed by atoms with Crippen molar-refractivity contribution < 1.29 is 17.0 Å². The van der Waals surface area contributed by atoms with E-state index in [4.69, 9.17) is 0 Å². The Morgan fingerprint density at radius 1 is 1.00 bits per heavy atom. The number of allylic oxidation sites excluding steroid dienone is 1. The summed E-state index contributed by atoms with van der Waals surface area (Å²) in [5.74, 6) is 3.62. The van der Waals surface area contributed by atoms with Gasteiger partial charge in [-0.15, -0.1) is 23.5 Å². The van der Waals surface area contributed by atoms with Crippen LogP contribution < -0.4 is 17.0 Å². The van der Waals surface area contributed by atoms with Gasteiger partial charge >= 0.3 is 0 Å². The molecule has 0 N–H and O–H groups in total. The zero-order chi connectivity index (χ0) is 17.7. The second kappa shape index (κ2) is 14.9. The number of nitrogens with zero attached hydrogens (tertiary/aromatic N) is 1. The van der Waals surface area contributed by atoms with Crippen molar-refractivity contribution in [1.29, 1.82) is 0 Å². The highest BCUT2D eigenvalue weighted by atomic mass is 35.5. The molecule has 1 fully saturated rings. The number of hydrogen-bond acceptors (Lipinski definition) is 2. The first-order chi connectivity index (χ1) is 12.3. The van der Waals surface area contributed by atoms with Crippen molar-refractivity contribution in [2.75, 3.05) is 11.5 Å². The summed E-state index contributed by atoms with van der Waals surface area (Å²) in [6.45, 7) is 6.99. The Morgan fingerprint density at radius 3 is 2.15 bits per heavy atom. The van der Waals surface area contributed by atoms with Crippen molar-refractivity contribution >= 4 is 23.5 Å². The van der Waals surface area contributed by atoms with Gasteiger partial charge in [-0.2, -0.15) is 0 Å². The third-order valence-corrected chi connectivity index (χ3v) is 8.26. The third kappa shape index (κ3) is 9.19. The number of pyridine rings is 1. The van der Waals surface area contributed by atoms with Gasteiger partial charge in [0.15, 0.2) is 18.9 Å². The molecule has 0 atom stereocenters. The quantitative estimate of drug-likeness (QED) is 0.291. The molecule has 1 aromatic heterocycles. The summed E-state index contributed by atoms with van der Waals surface area (Å²) in [7, 11) is 0. The van der Waals surface area contributed by atoms with Gasteiger partial charge in [-0.25, -0.2) is 4.57 Å². The van der Waals surface area contributed by atoms with E-state index in [1.54, 1.807) is 0 Å². The van der Waals surface area contributed by atoms with Gasteiger partial charge in [0.05, 0.1) is 4.58 Å². The zero-order valence-corrected chi connectivity index (χ0v) is 18.8. The second-order valence-electron chi connectivity index (χ2n) is 7.25. The van der Waals surface area contributed by atoms with Crippen LogP contribution in [0.2, 0.25) is 0 Å². The number of hydrogen-bond donors (Lipinski definition) is 0. The molecule has 1 aliphatic rings. The van der Waals surface area contributed by atoms with Gasteiger partial charge < -0.3 is 12.4 Å². The van der Waals surface area contributed by atoms with Gasteiger partial charge in [-0.05, 0) is 35.5 Å². The third-order valence-electron chi connectivity index (χ3n) is 4.96. The topological polar surface area (TPSA) is 3.88 Å². The Labute approximate surface area is 176 Å². The van der Waals surface area contributed by atoms with E-state index in [2.05, 4.69) is 66.1 Å². The van der Waals surface area contributed by atoms with Gasteiger partial charge in [0.1, 0.15) is 0 Å². The minimum absolute atomic E-state index is 0. The standard InChI is InChI=1S/C22H36NS2.ClH/c1-3-5-6-7-8-9-10-11-12-20-18-24-22(25-19-20)21-13-16-23(15-4-2)17-14-21;/h4,13-14,16-17,20,22H,2-3,5-12,15,18-19H2,1H3;1H/q+1;/p-1. The molecule has 0 amide bonds. The summed E-state index contributed by atoms with van der Waals surface area (Å²) in [6, 6.07) is 4.57. The molecule has 2 heterocycles. The Kier molecular flexibility index (Phi) is 13.7. The largest absolute Gasteiger partial charge is 1.00 e. The van der Waals surface area contributed by atoms with E-state index in [1.807, 2.05) is 6.08 Å². The van der Waals surface area contributed by atoms with Crippen LogP contribution in [0.25, 0.3) is 0 Å². The van der Waals surface area contributed by atoms with E-state index in [1.165, 1.54) is 74.9 Å². The van der Waals surface area contributed by atoms with Gasteiger partial charge in [-0.1, -0.05) is 64.9 Å². The molecule has 0 bridgehead atoms. The lowest BCUT2D eigenvalue weighted by Crippen LogP contribution is -3.00. The molecule has 26 heavy (non-hydrogen) atoms. The van der Waals surface area contributed by atoms with Crippen LogP contribution in [0.1, 0.15) is 74.9 Å². The van der Waals surface area contributed by atoms with E-state index in [0.717, 1.165) is 12.5 Å². The monoisotopic (exact) mass is 413 g/mol. The molecular weight excluding hydrogens is 378 g/mol. The predicted molar refractivity (Wildman–Crippen MR) is 115 cm³/mol. The second-order valence-corrected chi connectivity index (χ2v) is 9.82. The average Bonchev–Trinajstić information content (AvgIpc) is 2.65. The highest BCUT2D eigenvalue weighted by Crippen LogP contribution is 2.46. The fourth-order valence-electron chi connectivity index (χ4n) is 3.37. The SMILES string of the molecule is C=CC[n+]1ccc(C2SCC(CCCCCCCCCC)CS2)cc1.[Cl-]. The van der Waals surface area contributed by atoms with Gasteiger partial charge in [-0.3, -0.25) is 0 Å². The van der Waals surface area contributed by atoms with Crippen molar-refractivity contribution in [3.05, 3.63) is 42.7 Å². The minimum atomic E-state index is 0. The molecule has 0 unspecified atom stereocenters. The van der Waals surface area contributed by atoms with Crippen LogP contribution in [-0.2, 0) is 6.54 Å². The maximum Gasteiger partial charge on any atom is 0.169 e. The molecule has 0 radical (unpaired) electrons. The first-order valence-electron chi connectivity index (χ1n) is 10.2. The summed E-state index contributed by atoms with van der Waals surface area (Å²) in [4.78, 5) is 0. The molecule has 4 heteroatoms. The molecule has 2 rings (SSSR count). The summed E-state index contributed by atoms with van der Waals surface area (Å²) < 4.78 is 2.81. The van der Waals surface area contributed by atoms with Crippen molar-refractivity contribution in [3.8, 4) is 0 Å². The normalized spacial score (nSPS) is 19.7. The maximum absolute atomic E-state index is 3.80. The van der Waals surface area contributed by atoms with E-state index in [9.17, 15) is 0 Å². The molecule has 0 saturated carbocycles. The van der Waals surface area contributed by atoms with E-state index in [-0.39, 0.29) is 12.4 Å². The summed E-state index contributed by atoms with van der Waals surface area (Å²) in [5.41, 5.74) is 1.47. The highest BCUT2D eigenvalue weighted by molar-refractivity contribution is 8.16. The number of thioether (sulfide) groups is 2. The lowest BCUT2D eigenvalue weighted by atomic mass is 10.0. The minimum Gasteiger partial charge on any atom is -1.00 e. The summed E-state index contributed by atoms with van der Waals surface area (Å²) in [5, 5.41) is 0. The van der Waals surface area contributed by atoms with Crippen molar-refractivity contribution in [3.63, 3.8) is 0 Å². The number of halogens is 1. The van der Waals surface area contributed by atoms with E-state index in [0.29, 0.717) is 4.58 Å². The van der Waals surface area contributed by atoms with E-state index >= 15 is 0 Å². The van der Waals surface area contributed by atoms with Gasteiger partial charge in [0.25, 0.3) is 0 Å². The highest BCUT2D eigenvalue weighted by Gasteiger charge is 2.23. The number of rotatable bonds is 12. The Bertz CT molecular complexity index is 470. The molecular formula is C22H36ClNS2. The number of aromatic nitrogens is 1. The van der Waals surface area contributed by atoms with E-state index < -0.39 is 0 Å². The molecule has 0 spiro atoms. The first-order valence-corrected chi connectivity index (χ1v) is 12.3. The molecule has 0 aliphatic carbocycles. The van der Waals surface area contributed by atoms with Gasteiger partial charge in [0.2, 0.25) is 0 Å². The average molecular weight is 414 g/mol. The Morgan fingerprint density at radius 2 is 1.58 bits per heavy atom. The molecule has 0 aromatic carbocycles. The summed E-state index contributed by atoms with van der Waals surface area (Å²) >= 11 is 4.31. The molecule has 1 saturated heterocycles. The van der Waals surface area contributed by atoms with Gasteiger partial charge in [0, 0.05) is 12.1 Å². The fraction of sp³-hybridized carbons (Fsp3) is 0.682. The zero-order valence-electron chi connectivity index (χ0n) is 16.4. The van der Waals surface area contributed by atoms with Crippen LogP contribution in [0.3, 0.4) is 0 Å². The smallest absolute Gasteiger partial charge is 0.169 e. The Balaban J connectivity index is 0.00000338. The van der Waals surface area contributed by atoms with Crippen molar-refractivity contribution in [2.24, 2.45) is 5.92 Å². The van der Waals surface area contributed by atoms with Crippen LogP contribution >= 0.6 is 23.5 Å². The van der Waals surface area contributed by atoms with Crippen molar-refractivity contribution in [2.45, 2.75) is 75.8 Å². The number of unbranched alkanes of at least 4 members (excludes halogenated alkanes) is 7. The predicted octanol–water partition coefficient (Wildman–Crippen LogP) is 3.79. The lowest BCUT2D eigenvalue weighted by molar-refractivity contribution is -0.687. The molecule has 148 valence electrons. The van der Waals surface area contributed by atoms with Crippen LogP contribution in [0, 0.1) is 5.92 Å². The van der Waals surface area contributed by atoms with Crippen LogP contribution in [0.5, 0.6) is 0 Å². The fourth-order valence-corrected chi connectivity index (χ4v) is 6.53.